The number of hydrogen-bond acceptors (Lipinski definition) is 8. The Morgan fingerprint density at radius 3 is 2.80 bits per heavy atom. The molecule has 9 nitrogen and oxygen atoms in total. The van der Waals surface area contributed by atoms with Gasteiger partial charge in [-0.3, -0.25) is 9.36 Å². The summed E-state index contributed by atoms with van der Waals surface area (Å²) in [6.07, 6.45) is 2.23. The van der Waals surface area contributed by atoms with E-state index in [0.29, 0.717) is 29.9 Å². The Labute approximate surface area is 176 Å². The number of aromatic nitrogens is 2. The van der Waals surface area contributed by atoms with Crippen LogP contribution in [0.4, 0.5) is 5.00 Å². The van der Waals surface area contributed by atoms with Gasteiger partial charge in [-0.2, -0.15) is 8.42 Å². The van der Waals surface area contributed by atoms with Crippen LogP contribution in [0, 0.1) is 5.92 Å². The van der Waals surface area contributed by atoms with Crippen LogP contribution in [-0.4, -0.2) is 34.0 Å². The highest BCUT2D eigenvalue weighted by Crippen LogP contribution is 2.38. The molecule has 11 heteroatoms. The first kappa shape index (κ1) is 20.5. The van der Waals surface area contributed by atoms with Crippen LogP contribution in [0.15, 0.2) is 37.8 Å². The van der Waals surface area contributed by atoms with Crippen LogP contribution >= 0.6 is 11.3 Å². The number of aliphatic hydroxyl groups is 1. The summed E-state index contributed by atoms with van der Waals surface area (Å²) in [6.45, 7) is 3.96. The third-order valence-corrected chi connectivity index (χ3v) is 7.33. The number of thiophene rings is 1. The number of nitrogens with one attached hydrogen (secondary N) is 1. The lowest BCUT2D eigenvalue weighted by molar-refractivity contribution is 0.279. The summed E-state index contributed by atoms with van der Waals surface area (Å²) in [5.41, 5.74) is -0.259. The maximum absolute atomic E-state index is 13.3. The predicted octanol–water partition coefficient (Wildman–Crippen LogP) is 2.26. The lowest BCUT2D eigenvalue weighted by atomic mass is 10.1. The van der Waals surface area contributed by atoms with Gasteiger partial charge in [0.2, 0.25) is 0 Å². The molecule has 0 bridgehead atoms. The first-order valence-corrected chi connectivity index (χ1v) is 11.6. The molecule has 4 heterocycles. The van der Waals surface area contributed by atoms with Crippen molar-refractivity contribution in [3.05, 3.63) is 45.2 Å². The molecule has 3 aromatic rings. The minimum atomic E-state index is -4.16. The first-order valence-electron chi connectivity index (χ1n) is 9.28. The van der Waals surface area contributed by atoms with E-state index in [2.05, 4.69) is 14.7 Å². The van der Waals surface area contributed by atoms with Gasteiger partial charge in [0.25, 0.3) is 15.6 Å². The summed E-state index contributed by atoms with van der Waals surface area (Å²) in [7, 11) is -4.16. The molecule has 0 amide bonds. The average Bonchev–Trinajstić information content (AvgIpc) is 3.11. The van der Waals surface area contributed by atoms with Crippen molar-refractivity contribution in [1.29, 1.82) is 0 Å². The zero-order valence-corrected chi connectivity index (χ0v) is 17.9. The lowest BCUT2D eigenvalue weighted by Gasteiger charge is -2.19. The smallest absolute Gasteiger partial charge is 0.287 e. The molecule has 0 saturated carbocycles. The molecule has 1 aliphatic rings. The van der Waals surface area contributed by atoms with Crippen molar-refractivity contribution in [3.8, 4) is 5.75 Å². The number of pyridine rings is 2. The molecule has 0 fully saturated rings. The zero-order valence-electron chi connectivity index (χ0n) is 16.3. The highest BCUT2D eigenvalue weighted by atomic mass is 32.2. The number of rotatable bonds is 5. The summed E-state index contributed by atoms with van der Waals surface area (Å²) in [5.74, 6) is -0.308. The molecule has 0 atom stereocenters. The fourth-order valence-electron chi connectivity index (χ4n) is 3.34. The maximum atomic E-state index is 13.3. The minimum absolute atomic E-state index is 0.110. The van der Waals surface area contributed by atoms with Gasteiger partial charge in [-0.25, -0.2) is 4.98 Å². The molecule has 3 N–H and O–H groups in total. The van der Waals surface area contributed by atoms with Crippen molar-refractivity contribution in [2.75, 3.05) is 5.32 Å². The summed E-state index contributed by atoms with van der Waals surface area (Å²) < 4.78 is 30.7. The number of aliphatic hydroxyl groups excluding tert-OH is 1. The molecule has 0 unspecified atom stereocenters. The Morgan fingerprint density at radius 1 is 1.33 bits per heavy atom. The van der Waals surface area contributed by atoms with Crippen molar-refractivity contribution in [1.82, 2.24) is 9.55 Å². The number of hydrogen-bond donors (Lipinski definition) is 3. The predicted molar refractivity (Wildman–Crippen MR) is 115 cm³/mol. The SMILES string of the molecule is CC(C)CCn1c(=O)c(C2=NS(=O)(=O)c3c(CO)csc3N2)c(O)c2cccnc21. The molecule has 3 aromatic heterocycles. The molecule has 0 aliphatic carbocycles. The van der Waals surface area contributed by atoms with Crippen LogP contribution in [0.3, 0.4) is 0 Å². The van der Waals surface area contributed by atoms with Crippen molar-refractivity contribution in [2.45, 2.75) is 38.3 Å². The van der Waals surface area contributed by atoms with Crippen molar-refractivity contribution >= 4 is 43.2 Å². The van der Waals surface area contributed by atoms with Gasteiger partial charge in [0, 0.05) is 18.3 Å². The molecule has 30 heavy (non-hydrogen) atoms. The quantitative estimate of drug-likeness (QED) is 0.545. The Hall–Kier alpha value is -2.76. The van der Waals surface area contributed by atoms with Crippen molar-refractivity contribution in [2.24, 2.45) is 10.3 Å². The summed E-state index contributed by atoms with van der Waals surface area (Å²) in [6, 6.07) is 3.24. The van der Waals surface area contributed by atoms with Crippen LogP contribution in [-0.2, 0) is 23.2 Å². The second-order valence-corrected chi connectivity index (χ2v) is 9.78. The van der Waals surface area contributed by atoms with E-state index in [4.69, 9.17) is 0 Å². The van der Waals surface area contributed by atoms with Gasteiger partial charge in [0.05, 0.1) is 12.0 Å². The standard InChI is InChI=1S/C19H20N4O5S2/c1-10(2)5-7-23-17-12(4-3-6-20-17)14(25)13(19(23)26)16-21-18-15(30(27,28)22-16)11(8-24)9-29-18/h3-4,6,9-10,24-25H,5,7-8H2,1-2H3,(H,21,22). The molecule has 158 valence electrons. The highest BCUT2D eigenvalue weighted by Gasteiger charge is 2.33. The van der Waals surface area contributed by atoms with Gasteiger partial charge < -0.3 is 15.5 Å². The van der Waals surface area contributed by atoms with Crippen LogP contribution in [0.2, 0.25) is 0 Å². The topological polar surface area (TPSA) is 134 Å². The monoisotopic (exact) mass is 448 g/mol. The molecule has 0 saturated heterocycles. The van der Waals surface area contributed by atoms with E-state index in [9.17, 15) is 23.4 Å². The van der Waals surface area contributed by atoms with E-state index in [1.807, 2.05) is 13.8 Å². The van der Waals surface area contributed by atoms with Gasteiger partial charge >= 0.3 is 0 Å². The molecule has 0 aromatic carbocycles. The van der Waals surface area contributed by atoms with Crippen LogP contribution in [0.25, 0.3) is 11.0 Å². The zero-order chi connectivity index (χ0) is 21.6. The second-order valence-electron chi connectivity index (χ2n) is 7.35. The fourth-order valence-corrected chi connectivity index (χ4v) is 5.93. The molecule has 4 rings (SSSR count). The maximum Gasteiger partial charge on any atom is 0.287 e. The van der Waals surface area contributed by atoms with Crippen LogP contribution in [0.5, 0.6) is 5.75 Å². The van der Waals surface area contributed by atoms with Crippen molar-refractivity contribution in [3.63, 3.8) is 0 Å². The molecule has 0 spiro atoms. The Balaban J connectivity index is 1.96. The normalized spacial score (nSPS) is 15.1. The number of fused-ring (bicyclic) bond motifs is 2. The van der Waals surface area contributed by atoms with Gasteiger partial charge in [-0.05, 0) is 29.9 Å². The number of sulfonamides is 1. The molecule has 0 radical (unpaired) electrons. The lowest BCUT2D eigenvalue weighted by Crippen LogP contribution is -2.33. The number of nitrogens with zero attached hydrogens (tertiary/aromatic N) is 3. The van der Waals surface area contributed by atoms with E-state index in [1.165, 1.54) is 16.1 Å². The largest absolute Gasteiger partial charge is 0.506 e. The summed E-state index contributed by atoms with van der Waals surface area (Å²) in [4.78, 5) is 17.4. The average molecular weight is 449 g/mol. The fraction of sp³-hybridized carbons (Fsp3) is 0.316. The van der Waals surface area contributed by atoms with Gasteiger partial charge in [-0.15, -0.1) is 15.7 Å². The highest BCUT2D eigenvalue weighted by molar-refractivity contribution is 7.90. The van der Waals surface area contributed by atoms with Gasteiger partial charge in [-0.1, -0.05) is 13.8 Å². The summed E-state index contributed by atoms with van der Waals surface area (Å²) in [5, 5.41) is 25.2. The molecular formula is C19H20N4O5S2. The Kier molecular flexibility index (Phi) is 5.12. The number of aromatic hydroxyl groups is 1. The third kappa shape index (κ3) is 3.28. The first-order chi connectivity index (χ1) is 14.2. The van der Waals surface area contributed by atoms with E-state index in [1.54, 1.807) is 12.1 Å². The number of anilines is 1. The van der Waals surface area contributed by atoms with E-state index >= 15 is 0 Å². The van der Waals surface area contributed by atoms with Crippen LogP contribution in [0.1, 0.15) is 31.4 Å². The van der Waals surface area contributed by atoms with E-state index < -0.39 is 22.2 Å². The van der Waals surface area contributed by atoms with Crippen molar-refractivity contribution < 1.29 is 18.6 Å². The third-order valence-electron chi connectivity index (χ3n) is 4.85. The minimum Gasteiger partial charge on any atom is -0.506 e. The van der Waals surface area contributed by atoms with Gasteiger partial charge in [0.1, 0.15) is 26.9 Å². The molecular weight excluding hydrogens is 428 g/mol. The number of amidine groups is 1. The second kappa shape index (κ2) is 7.49. The van der Waals surface area contributed by atoms with E-state index in [0.717, 1.165) is 11.3 Å². The Morgan fingerprint density at radius 2 is 2.10 bits per heavy atom. The Bertz CT molecular complexity index is 1340. The van der Waals surface area contributed by atoms with Crippen LogP contribution < -0.4 is 10.9 Å². The molecule has 1 aliphatic heterocycles. The number of aryl methyl sites for hydroxylation is 1. The summed E-state index contributed by atoms with van der Waals surface area (Å²) >= 11 is 1.08. The van der Waals surface area contributed by atoms with E-state index in [-0.39, 0.29) is 32.6 Å². The van der Waals surface area contributed by atoms with Gasteiger partial charge in [0.15, 0.2) is 5.84 Å².